The van der Waals surface area contributed by atoms with Crippen LogP contribution >= 0.6 is 0 Å². The molecule has 3 aromatic carbocycles. The Hall–Kier alpha value is -5.28. The van der Waals surface area contributed by atoms with Crippen molar-refractivity contribution < 1.29 is 65.1 Å². The minimum atomic E-state index is -4.47. The summed E-state index contributed by atoms with van der Waals surface area (Å²) in [6, 6.07) is 8.81. The summed E-state index contributed by atoms with van der Waals surface area (Å²) in [4.78, 5) is 23.9. The van der Waals surface area contributed by atoms with Crippen LogP contribution in [0.1, 0.15) is 39.7 Å². The second-order valence-electron chi connectivity index (χ2n) is 14.2. The first-order valence-electron chi connectivity index (χ1n) is 18.5. The molecule has 0 aliphatic carbocycles. The van der Waals surface area contributed by atoms with Crippen LogP contribution in [0.5, 0.6) is 11.5 Å². The lowest BCUT2D eigenvalue weighted by Gasteiger charge is -2.29. The first-order valence-corrected chi connectivity index (χ1v) is 21.4. The topological polar surface area (TPSA) is 281 Å². The quantitative estimate of drug-likeness (QED) is 0.0601. The number of phenols is 2. The van der Waals surface area contributed by atoms with Crippen molar-refractivity contribution in [2.24, 2.45) is 17.6 Å². The number of carbonyl (C=O) groups is 2. The van der Waals surface area contributed by atoms with Gasteiger partial charge in [0.15, 0.2) is 6.10 Å². The highest BCUT2D eigenvalue weighted by molar-refractivity contribution is 7.86. The van der Waals surface area contributed by atoms with Gasteiger partial charge in [-0.2, -0.15) is 16.8 Å². The lowest BCUT2D eigenvalue weighted by Crippen LogP contribution is -2.37. The Bertz CT molecular complexity index is 2290. The van der Waals surface area contributed by atoms with E-state index in [1.165, 1.54) is 50.6 Å². The predicted molar refractivity (Wildman–Crippen MR) is 226 cm³/mol. The molecule has 0 aromatic heterocycles. The monoisotopic (exact) mass is 875 g/mol. The number of rotatable bonds is 8. The molecular weight excluding hydrogens is 823 g/mol. The summed E-state index contributed by atoms with van der Waals surface area (Å²) in [5, 5.41) is 39.1. The van der Waals surface area contributed by atoms with E-state index in [1.807, 2.05) is 13.8 Å². The van der Waals surface area contributed by atoms with Crippen molar-refractivity contribution >= 4 is 54.4 Å². The maximum atomic E-state index is 13.0. The highest BCUT2D eigenvalue weighted by Gasteiger charge is 2.30. The molecule has 1 aliphatic heterocycles. The van der Waals surface area contributed by atoms with Crippen molar-refractivity contribution in [3.05, 3.63) is 96.1 Å². The van der Waals surface area contributed by atoms with Crippen molar-refractivity contribution in [3.8, 4) is 11.5 Å². The fraction of sp³-hybridized carbons (Fsp3) is 0.366. The number of hydrogen-bond acceptors (Lipinski definition) is 13. The lowest BCUT2D eigenvalue weighted by atomic mass is 9.87. The minimum absolute atomic E-state index is 0.0233. The number of primary amides is 1. The van der Waals surface area contributed by atoms with E-state index in [0.29, 0.717) is 41.8 Å². The van der Waals surface area contributed by atoms with Crippen molar-refractivity contribution in [3.63, 3.8) is 0 Å². The maximum absolute atomic E-state index is 13.0. The van der Waals surface area contributed by atoms with E-state index in [-0.39, 0.29) is 33.9 Å². The third kappa shape index (κ3) is 12.9. The number of fused-ring (bicyclic) bond motifs is 3. The summed E-state index contributed by atoms with van der Waals surface area (Å²) in [6.07, 6.45) is 4.64. The number of ether oxygens (including phenoxy) is 3. The van der Waals surface area contributed by atoms with Gasteiger partial charge in [0.2, 0.25) is 0 Å². The van der Waals surface area contributed by atoms with Crippen molar-refractivity contribution in [1.29, 1.82) is 0 Å². The highest BCUT2D eigenvalue weighted by Crippen LogP contribution is 2.42. The second kappa shape index (κ2) is 21.3. The van der Waals surface area contributed by atoms with Crippen LogP contribution < -0.4 is 16.4 Å². The molecule has 0 saturated heterocycles. The number of nitrogens with two attached hydrogens (primary N) is 1. The molecule has 0 radical (unpaired) electrons. The van der Waals surface area contributed by atoms with Crippen LogP contribution in [0.15, 0.2) is 100 Å². The third-order valence-electron chi connectivity index (χ3n) is 9.65. The normalized spacial score (nSPS) is 24.3. The third-order valence-corrected chi connectivity index (χ3v) is 11.5. The molecule has 2 bridgehead atoms. The summed E-state index contributed by atoms with van der Waals surface area (Å²) in [5.74, 6) is -1.41. The molecule has 6 atom stereocenters. The molecule has 3 aromatic rings. The summed E-state index contributed by atoms with van der Waals surface area (Å²) in [6.45, 7) is 11.1. The van der Waals surface area contributed by atoms with Crippen molar-refractivity contribution in [2.75, 3.05) is 31.4 Å². The van der Waals surface area contributed by atoms with Crippen LogP contribution in [0, 0.1) is 11.8 Å². The summed E-state index contributed by atoms with van der Waals surface area (Å²) >= 11 is 0. The number of aliphatic hydroxyl groups is 1. The molecule has 19 heteroatoms. The number of methoxy groups -OCH3 is 2. The molecule has 9 N–H and O–H groups in total. The average molecular weight is 876 g/mol. The molecule has 0 spiro atoms. The molecule has 2 amide bonds. The molecule has 0 unspecified atom stereocenters. The Morgan fingerprint density at radius 1 is 1.00 bits per heavy atom. The zero-order valence-electron chi connectivity index (χ0n) is 34.0. The van der Waals surface area contributed by atoms with Crippen molar-refractivity contribution in [1.82, 2.24) is 0 Å². The number of anilines is 2. The molecule has 17 nitrogen and oxygen atoms in total. The molecule has 0 fully saturated rings. The van der Waals surface area contributed by atoms with Gasteiger partial charge < -0.3 is 45.9 Å². The first-order chi connectivity index (χ1) is 28.0. The zero-order valence-corrected chi connectivity index (χ0v) is 35.7. The van der Waals surface area contributed by atoms with Gasteiger partial charge in [-0.25, -0.2) is 4.79 Å². The fourth-order valence-electron chi connectivity index (χ4n) is 6.68. The zero-order chi connectivity index (χ0) is 45.1. The molecule has 1 heterocycles. The van der Waals surface area contributed by atoms with Gasteiger partial charge in [-0.05, 0) is 50.3 Å². The van der Waals surface area contributed by atoms with Crippen LogP contribution in [-0.2, 0) is 45.7 Å². The van der Waals surface area contributed by atoms with Crippen LogP contribution in [-0.4, -0.2) is 98.4 Å². The van der Waals surface area contributed by atoms with E-state index in [2.05, 4.69) is 17.2 Å². The van der Waals surface area contributed by atoms with Crippen LogP contribution in [0.4, 0.5) is 16.2 Å². The van der Waals surface area contributed by atoms with Crippen LogP contribution in [0.3, 0.4) is 0 Å². The number of carbonyl (C=O) groups excluding carboxylic acids is 2. The Labute approximate surface area is 349 Å². The molecule has 1 aliphatic rings. The Kier molecular flexibility index (Phi) is 17.4. The summed E-state index contributed by atoms with van der Waals surface area (Å²) in [5.41, 5.74) is 7.01. The molecule has 328 valence electrons. The van der Waals surface area contributed by atoms with Crippen LogP contribution in [0.2, 0.25) is 0 Å². The number of amides is 2. The number of aliphatic hydroxyl groups excluding tert-OH is 1. The van der Waals surface area contributed by atoms with Crippen molar-refractivity contribution in [2.45, 2.75) is 74.7 Å². The summed E-state index contributed by atoms with van der Waals surface area (Å²) < 4.78 is 79.3. The van der Waals surface area contributed by atoms with Crippen LogP contribution in [0.25, 0.3) is 10.8 Å². The number of aromatic hydroxyl groups is 2. The minimum Gasteiger partial charge on any atom is -0.506 e. The Balaban J connectivity index is 0.000000440. The SMILES string of the molecule is C=CCNc1c(O)cc2c(O)c1C[C@@H](C)C[C@H](OC)[C@H](O)[C@@H](C)/C=C(\C)[C@H](OC(N)=O)[C@@H](OC)/C=C\C=C(/C)C(=O)N2.O=S(=O)(O)c1cccc2c(S(=O)(=O)O)cccc12. The Morgan fingerprint density at radius 2 is 1.58 bits per heavy atom. The molecule has 0 saturated carbocycles. The highest BCUT2D eigenvalue weighted by atomic mass is 32.2. The number of nitrogens with one attached hydrogen (secondary N) is 2. The molecule has 60 heavy (non-hydrogen) atoms. The number of allylic oxidation sites excluding steroid dienone is 2. The van der Waals surface area contributed by atoms with E-state index in [1.54, 1.807) is 38.2 Å². The molecular formula is C41H53N3O14S2. The second-order valence-corrected chi connectivity index (χ2v) is 17.0. The van der Waals surface area contributed by atoms with Gasteiger partial charge in [-0.3, -0.25) is 13.9 Å². The van der Waals surface area contributed by atoms with Gasteiger partial charge >= 0.3 is 6.09 Å². The smallest absolute Gasteiger partial charge is 0.405 e. The van der Waals surface area contributed by atoms with Gasteiger partial charge in [-0.1, -0.05) is 68.5 Å². The van der Waals surface area contributed by atoms with E-state index < -0.39 is 72.4 Å². The van der Waals surface area contributed by atoms with Gasteiger partial charge in [0.05, 0.1) is 23.6 Å². The lowest BCUT2D eigenvalue weighted by molar-refractivity contribution is -0.112. The van der Waals surface area contributed by atoms with Gasteiger partial charge in [0.25, 0.3) is 26.1 Å². The fourth-order valence-corrected chi connectivity index (χ4v) is 8.10. The molecule has 4 rings (SSSR count). The number of phenolic OH excluding ortho intramolecular Hbond substituents is 2. The van der Waals surface area contributed by atoms with E-state index in [9.17, 15) is 41.7 Å². The van der Waals surface area contributed by atoms with E-state index in [0.717, 1.165) is 12.1 Å². The first kappa shape index (κ1) is 49.1. The maximum Gasteiger partial charge on any atom is 0.405 e. The number of benzene rings is 3. The number of hydrogen-bond donors (Lipinski definition) is 8. The standard InChI is InChI=1S/C31H45N3O8.C10H8O6S2/c1-8-12-33-26-21-13-17(2)14-25(41-7)27(36)19(4)15-20(5)29(42-31(32)39)24(40-6)11-9-10-18(3)30(38)34-22(28(21)37)16-23(26)35;11-17(12,13)9-5-1-3-7-8(9)4-2-6-10(7)18(14,15)16/h8-11,15-17,19,24-25,27,29,33,35-37H,1,12-14H2,2-7H3,(H2,32,39)(H,34,38);1-6H,(H,11,12,13)(H,14,15,16)/b11-9-,18-10+,20-15+;/t17-,19+,24+,25+,27-,29+;/m1./s1. The average Bonchev–Trinajstić information content (AvgIpc) is 3.17. The predicted octanol–water partition coefficient (Wildman–Crippen LogP) is 5.49. The summed E-state index contributed by atoms with van der Waals surface area (Å²) in [7, 11) is -5.98. The van der Waals surface area contributed by atoms with E-state index in [4.69, 9.17) is 29.0 Å². The van der Waals surface area contributed by atoms with Gasteiger partial charge in [0, 0.05) is 54.7 Å². The van der Waals surface area contributed by atoms with Gasteiger partial charge in [0.1, 0.15) is 27.4 Å². The Morgan fingerprint density at radius 3 is 2.08 bits per heavy atom. The van der Waals surface area contributed by atoms with E-state index >= 15 is 0 Å². The largest absolute Gasteiger partial charge is 0.506 e. The van der Waals surface area contributed by atoms with Gasteiger partial charge in [-0.15, -0.1) is 6.58 Å².